The summed E-state index contributed by atoms with van der Waals surface area (Å²) in [7, 11) is 1.78. The van der Waals surface area contributed by atoms with Gasteiger partial charge < -0.3 is 10.2 Å². The van der Waals surface area contributed by atoms with Crippen LogP contribution in [-0.2, 0) is 4.79 Å². The molecule has 0 spiro atoms. The Morgan fingerprint density at radius 1 is 1.56 bits per heavy atom. The summed E-state index contributed by atoms with van der Waals surface area (Å²) in [4.78, 5) is 17.7. The third-order valence-electron chi connectivity index (χ3n) is 2.29. The Morgan fingerprint density at radius 2 is 2.22 bits per heavy atom. The van der Waals surface area contributed by atoms with Crippen LogP contribution in [0.2, 0.25) is 0 Å². The topological polar surface area (TPSA) is 69.0 Å². The summed E-state index contributed by atoms with van der Waals surface area (Å²) in [6.45, 7) is 5.87. The Kier molecular flexibility index (Phi) is 4.67. The molecular formula is C13H18N4O. The van der Waals surface area contributed by atoms with E-state index in [1.165, 1.54) is 0 Å². The van der Waals surface area contributed by atoms with Crippen LogP contribution >= 0.6 is 0 Å². The van der Waals surface area contributed by atoms with Crippen molar-refractivity contribution in [2.45, 2.75) is 26.8 Å². The lowest BCUT2D eigenvalue weighted by molar-refractivity contribution is -0.120. The number of nitriles is 1. The van der Waals surface area contributed by atoms with Crippen molar-refractivity contribution >= 4 is 11.7 Å². The van der Waals surface area contributed by atoms with Crippen molar-refractivity contribution in [2.75, 3.05) is 18.5 Å². The average Bonchev–Trinajstić information content (AvgIpc) is 2.26. The van der Waals surface area contributed by atoms with Gasteiger partial charge in [0.1, 0.15) is 5.82 Å². The Labute approximate surface area is 107 Å². The fourth-order valence-corrected chi connectivity index (χ4v) is 1.58. The van der Waals surface area contributed by atoms with E-state index in [9.17, 15) is 4.79 Å². The van der Waals surface area contributed by atoms with Gasteiger partial charge >= 0.3 is 0 Å². The molecule has 0 radical (unpaired) electrons. The predicted molar refractivity (Wildman–Crippen MR) is 70.2 cm³/mol. The monoisotopic (exact) mass is 246 g/mol. The van der Waals surface area contributed by atoms with Crippen LogP contribution in [0.25, 0.3) is 0 Å². The van der Waals surface area contributed by atoms with Gasteiger partial charge in [-0.15, -0.1) is 0 Å². The first-order valence-electron chi connectivity index (χ1n) is 5.81. The van der Waals surface area contributed by atoms with E-state index < -0.39 is 0 Å². The third-order valence-corrected chi connectivity index (χ3v) is 2.29. The molecule has 0 aliphatic rings. The van der Waals surface area contributed by atoms with Gasteiger partial charge in [0, 0.05) is 18.8 Å². The lowest BCUT2D eigenvalue weighted by atomic mass is 10.2. The standard InChI is InChI=1S/C13H18N4O/c1-9(2)15-13(18)8-17(4)12-6-11(7-14)5-10(3)16-12/h5-6,9H,8H2,1-4H3,(H,15,18). The molecule has 5 heteroatoms. The van der Waals surface area contributed by atoms with E-state index in [0.717, 1.165) is 5.69 Å². The molecule has 0 atom stereocenters. The highest BCUT2D eigenvalue weighted by molar-refractivity contribution is 5.81. The zero-order chi connectivity index (χ0) is 13.7. The quantitative estimate of drug-likeness (QED) is 0.867. The number of pyridine rings is 1. The van der Waals surface area contributed by atoms with Gasteiger partial charge in [-0.2, -0.15) is 5.26 Å². The van der Waals surface area contributed by atoms with E-state index in [0.29, 0.717) is 11.4 Å². The molecule has 0 fully saturated rings. The normalized spacial score (nSPS) is 10.0. The molecule has 18 heavy (non-hydrogen) atoms. The molecular weight excluding hydrogens is 228 g/mol. The van der Waals surface area contributed by atoms with Crippen LogP contribution in [0.5, 0.6) is 0 Å². The minimum atomic E-state index is -0.0608. The van der Waals surface area contributed by atoms with E-state index in [-0.39, 0.29) is 18.5 Å². The lowest BCUT2D eigenvalue weighted by Gasteiger charge is -2.19. The molecule has 5 nitrogen and oxygen atoms in total. The van der Waals surface area contributed by atoms with E-state index in [1.54, 1.807) is 24.1 Å². The van der Waals surface area contributed by atoms with Crippen LogP contribution in [0.15, 0.2) is 12.1 Å². The zero-order valence-corrected chi connectivity index (χ0v) is 11.2. The summed E-state index contributed by atoms with van der Waals surface area (Å²) in [6, 6.07) is 5.59. The van der Waals surface area contributed by atoms with Gasteiger partial charge in [-0.25, -0.2) is 4.98 Å². The van der Waals surface area contributed by atoms with Gasteiger partial charge in [0.2, 0.25) is 5.91 Å². The van der Waals surface area contributed by atoms with Crippen molar-refractivity contribution in [3.05, 3.63) is 23.4 Å². The van der Waals surface area contributed by atoms with E-state index in [2.05, 4.69) is 16.4 Å². The Hall–Kier alpha value is -2.09. The van der Waals surface area contributed by atoms with Crippen LogP contribution in [0.1, 0.15) is 25.1 Å². The summed E-state index contributed by atoms with van der Waals surface area (Å²) < 4.78 is 0. The number of anilines is 1. The summed E-state index contributed by atoms with van der Waals surface area (Å²) in [5, 5.41) is 11.7. The molecule has 0 aliphatic heterocycles. The Morgan fingerprint density at radius 3 is 2.78 bits per heavy atom. The van der Waals surface area contributed by atoms with Gasteiger partial charge in [-0.3, -0.25) is 4.79 Å². The number of likely N-dealkylation sites (N-methyl/N-ethyl adjacent to an activating group) is 1. The van der Waals surface area contributed by atoms with Gasteiger partial charge in [0.05, 0.1) is 18.2 Å². The van der Waals surface area contributed by atoms with E-state index >= 15 is 0 Å². The SMILES string of the molecule is Cc1cc(C#N)cc(N(C)CC(=O)NC(C)C)n1. The van der Waals surface area contributed by atoms with Crippen molar-refractivity contribution in [3.8, 4) is 6.07 Å². The molecule has 1 heterocycles. The molecule has 96 valence electrons. The number of nitrogens with zero attached hydrogens (tertiary/aromatic N) is 3. The van der Waals surface area contributed by atoms with Crippen LogP contribution in [0.4, 0.5) is 5.82 Å². The number of aryl methyl sites for hydroxylation is 1. The van der Waals surface area contributed by atoms with Crippen molar-refractivity contribution < 1.29 is 4.79 Å². The number of aromatic nitrogens is 1. The minimum Gasteiger partial charge on any atom is -0.352 e. The Bertz CT molecular complexity index is 476. The molecule has 0 saturated heterocycles. The fourth-order valence-electron chi connectivity index (χ4n) is 1.58. The first-order valence-corrected chi connectivity index (χ1v) is 5.81. The van der Waals surface area contributed by atoms with E-state index in [4.69, 9.17) is 5.26 Å². The molecule has 0 unspecified atom stereocenters. The van der Waals surface area contributed by atoms with Crippen LogP contribution in [0.3, 0.4) is 0 Å². The van der Waals surface area contributed by atoms with Crippen molar-refractivity contribution in [1.82, 2.24) is 10.3 Å². The molecule has 1 rings (SSSR count). The largest absolute Gasteiger partial charge is 0.352 e. The maximum Gasteiger partial charge on any atom is 0.239 e. The second-order valence-electron chi connectivity index (χ2n) is 4.55. The maximum absolute atomic E-state index is 11.6. The molecule has 1 amide bonds. The number of hydrogen-bond donors (Lipinski definition) is 1. The van der Waals surface area contributed by atoms with Gasteiger partial charge in [-0.1, -0.05) is 0 Å². The van der Waals surface area contributed by atoms with Crippen LogP contribution in [-0.4, -0.2) is 30.5 Å². The summed E-state index contributed by atoms with van der Waals surface area (Å²) in [5.74, 6) is 0.569. The fraction of sp³-hybridized carbons (Fsp3) is 0.462. The highest BCUT2D eigenvalue weighted by Crippen LogP contribution is 2.12. The van der Waals surface area contributed by atoms with Gasteiger partial charge in [0.25, 0.3) is 0 Å². The highest BCUT2D eigenvalue weighted by Gasteiger charge is 2.10. The Balaban J connectivity index is 2.78. The molecule has 1 aromatic heterocycles. The van der Waals surface area contributed by atoms with Crippen molar-refractivity contribution in [1.29, 1.82) is 5.26 Å². The molecule has 0 saturated carbocycles. The van der Waals surface area contributed by atoms with Crippen LogP contribution < -0.4 is 10.2 Å². The second-order valence-corrected chi connectivity index (χ2v) is 4.55. The smallest absolute Gasteiger partial charge is 0.239 e. The first kappa shape index (κ1) is 14.0. The second kappa shape index (κ2) is 6.01. The molecule has 1 N–H and O–H groups in total. The van der Waals surface area contributed by atoms with Gasteiger partial charge in [0.15, 0.2) is 0 Å². The first-order chi connectivity index (χ1) is 8.42. The number of carbonyl (C=O) groups is 1. The maximum atomic E-state index is 11.6. The number of rotatable bonds is 4. The summed E-state index contributed by atoms with van der Waals surface area (Å²) >= 11 is 0. The number of nitrogens with one attached hydrogen (secondary N) is 1. The highest BCUT2D eigenvalue weighted by atomic mass is 16.2. The van der Waals surface area contributed by atoms with Gasteiger partial charge in [-0.05, 0) is 32.9 Å². The van der Waals surface area contributed by atoms with Crippen LogP contribution in [0, 0.1) is 18.3 Å². The lowest BCUT2D eigenvalue weighted by Crippen LogP contribution is -2.38. The molecule has 0 aromatic carbocycles. The third kappa shape index (κ3) is 4.06. The molecule has 0 aliphatic carbocycles. The minimum absolute atomic E-state index is 0.0608. The average molecular weight is 246 g/mol. The van der Waals surface area contributed by atoms with E-state index in [1.807, 2.05) is 20.8 Å². The predicted octanol–water partition coefficient (Wildman–Crippen LogP) is 1.22. The number of carbonyl (C=O) groups excluding carboxylic acids is 1. The summed E-state index contributed by atoms with van der Waals surface area (Å²) in [6.07, 6.45) is 0. The molecule has 0 bridgehead atoms. The van der Waals surface area contributed by atoms with Crippen molar-refractivity contribution in [2.24, 2.45) is 0 Å². The number of amides is 1. The van der Waals surface area contributed by atoms with Crippen molar-refractivity contribution in [3.63, 3.8) is 0 Å². The number of hydrogen-bond acceptors (Lipinski definition) is 4. The summed E-state index contributed by atoms with van der Waals surface area (Å²) in [5.41, 5.74) is 1.31. The zero-order valence-electron chi connectivity index (χ0n) is 11.2. The molecule has 1 aromatic rings.